The molecule has 0 atom stereocenters. The van der Waals surface area contributed by atoms with Crippen molar-refractivity contribution in [3.05, 3.63) is 63.8 Å². The lowest BCUT2D eigenvalue weighted by Gasteiger charge is -2.09. The lowest BCUT2D eigenvalue weighted by Crippen LogP contribution is -2.13. The standard InChI is InChI=1S/C20H16Cl2N2O2/c1-11-10-24(20(26)18-15(21)3-2-4-16(18)22)17-8-7-13(9-14(11)17)23-19(25)12-5-6-12/h2-4,7-10,12H,5-6H2,1H3,(H,23,25). The molecule has 1 aliphatic rings. The van der Waals surface area contributed by atoms with Crippen molar-refractivity contribution < 1.29 is 9.59 Å². The van der Waals surface area contributed by atoms with Gasteiger partial charge in [0, 0.05) is 23.2 Å². The number of hydrogen-bond acceptors (Lipinski definition) is 2. The van der Waals surface area contributed by atoms with Crippen molar-refractivity contribution in [3.8, 4) is 0 Å². The van der Waals surface area contributed by atoms with E-state index in [-0.39, 0.29) is 23.3 Å². The Morgan fingerprint density at radius 2 is 1.81 bits per heavy atom. The number of carbonyl (C=O) groups excluding carboxylic acids is 2. The summed E-state index contributed by atoms with van der Waals surface area (Å²) in [5, 5.41) is 4.46. The average molecular weight is 387 g/mol. The summed E-state index contributed by atoms with van der Waals surface area (Å²) in [6.07, 6.45) is 3.67. The molecule has 0 radical (unpaired) electrons. The second-order valence-electron chi connectivity index (χ2n) is 6.58. The minimum absolute atomic E-state index is 0.0559. The molecule has 1 aromatic heterocycles. The fourth-order valence-electron chi connectivity index (χ4n) is 3.05. The van der Waals surface area contributed by atoms with Crippen molar-refractivity contribution in [2.45, 2.75) is 19.8 Å². The second-order valence-corrected chi connectivity index (χ2v) is 7.39. The van der Waals surface area contributed by atoms with Gasteiger partial charge in [-0.05, 0) is 55.7 Å². The van der Waals surface area contributed by atoms with Crippen LogP contribution in [0.1, 0.15) is 28.8 Å². The van der Waals surface area contributed by atoms with E-state index in [4.69, 9.17) is 23.2 Å². The van der Waals surface area contributed by atoms with Gasteiger partial charge in [-0.2, -0.15) is 0 Å². The van der Waals surface area contributed by atoms with Crippen LogP contribution < -0.4 is 5.32 Å². The molecule has 0 aliphatic heterocycles. The summed E-state index contributed by atoms with van der Waals surface area (Å²) in [5.74, 6) is -0.0887. The minimum atomic E-state index is -0.284. The highest BCUT2D eigenvalue weighted by Gasteiger charge is 2.29. The Morgan fingerprint density at radius 1 is 1.12 bits per heavy atom. The third kappa shape index (κ3) is 3.00. The number of aryl methyl sites for hydroxylation is 1. The Labute approximate surface area is 160 Å². The van der Waals surface area contributed by atoms with Crippen molar-refractivity contribution in [2.75, 3.05) is 5.32 Å². The Hall–Kier alpha value is -2.30. The predicted molar refractivity (Wildman–Crippen MR) is 104 cm³/mol. The largest absolute Gasteiger partial charge is 0.326 e. The van der Waals surface area contributed by atoms with Crippen LogP contribution in [0.2, 0.25) is 10.0 Å². The number of nitrogens with one attached hydrogen (secondary N) is 1. The van der Waals surface area contributed by atoms with Gasteiger partial charge in [0.15, 0.2) is 0 Å². The van der Waals surface area contributed by atoms with Crippen LogP contribution >= 0.6 is 23.2 Å². The summed E-state index contributed by atoms with van der Waals surface area (Å²) in [4.78, 5) is 25.0. The zero-order chi connectivity index (χ0) is 18.4. The molecule has 1 fully saturated rings. The average Bonchev–Trinajstić information content (AvgIpc) is 3.40. The van der Waals surface area contributed by atoms with Crippen molar-refractivity contribution >= 4 is 51.6 Å². The Kier molecular flexibility index (Phi) is 4.25. The van der Waals surface area contributed by atoms with E-state index in [0.29, 0.717) is 10.0 Å². The van der Waals surface area contributed by atoms with Crippen molar-refractivity contribution in [3.63, 3.8) is 0 Å². The third-order valence-corrected chi connectivity index (χ3v) is 5.24. The van der Waals surface area contributed by atoms with Crippen molar-refractivity contribution in [1.29, 1.82) is 0 Å². The molecule has 1 N–H and O–H groups in total. The molecule has 0 saturated heterocycles. The molecule has 2 aromatic carbocycles. The Balaban J connectivity index is 1.74. The number of anilines is 1. The highest BCUT2D eigenvalue weighted by atomic mass is 35.5. The van der Waals surface area contributed by atoms with Crippen LogP contribution in [0, 0.1) is 12.8 Å². The van der Waals surface area contributed by atoms with Gasteiger partial charge in [0.25, 0.3) is 5.91 Å². The zero-order valence-electron chi connectivity index (χ0n) is 14.1. The molecule has 6 heteroatoms. The first-order chi connectivity index (χ1) is 12.5. The summed E-state index contributed by atoms with van der Waals surface area (Å²) >= 11 is 12.4. The molecule has 1 heterocycles. The number of nitrogens with zero attached hydrogens (tertiary/aromatic N) is 1. The quantitative estimate of drug-likeness (QED) is 0.664. The lowest BCUT2D eigenvalue weighted by molar-refractivity contribution is -0.117. The molecule has 4 rings (SSSR count). The second kappa shape index (κ2) is 6.45. The summed E-state index contributed by atoms with van der Waals surface area (Å²) in [7, 11) is 0. The Morgan fingerprint density at radius 3 is 2.46 bits per heavy atom. The number of hydrogen-bond donors (Lipinski definition) is 1. The summed E-state index contributed by atoms with van der Waals surface area (Å²) in [5.41, 5.74) is 2.68. The fourth-order valence-corrected chi connectivity index (χ4v) is 3.61. The van der Waals surface area contributed by atoms with E-state index in [2.05, 4.69) is 5.32 Å². The van der Waals surface area contributed by atoms with Gasteiger partial charge in [0.1, 0.15) is 0 Å². The maximum atomic E-state index is 13.0. The van der Waals surface area contributed by atoms with Crippen LogP contribution in [0.15, 0.2) is 42.6 Å². The van der Waals surface area contributed by atoms with Crippen LogP contribution in [0.25, 0.3) is 10.9 Å². The zero-order valence-corrected chi connectivity index (χ0v) is 15.6. The first-order valence-electron chi connectivity index (χ1n) is 8.37. The number of fused-ring (bicyclic) bond motifs is 1. The van der Waals surface area contributed by atoms with E-state index in [1.807, 2.05) is 19.1 Å². The maximum Gasteiger partial charge on any atom is 0.265 e. The number of aromatic nitrogens is 1. The summed E-state index contributed by atoms with van der Waals surface area (Å²) in [6.45, 7) is 1.92. The maximum absolute atomic E-state index is 13.0. The van der Waals surface area contributed by atoms with Crippen LogP contribution in [-0.4, -0.2) is 16.4 Å². The van der Waals surface area contributed by atoms with Gasteiger partial charge in [0.2, 0.25) is 5.91 Å². The summed E-state index contributed by atoms with van der Waals surface area (Å²) < 4.78 is 1.55. The highest BCUT2D eigenvalue weighted by Crippen LogP contribution is 2.32. The van der Waals surface area contributed by atoms with E-state index >= 15 is 0 Å². The molecule has 26 heavy (non-hydrogen) atoms. The van der Waals surface area contributed by atoms with Crippen LogP contribution in [0.4, 0.5) is 5.69 Å². The third-order valence-electron chi connectivity index (χ3n) is 4.61. The van der Waals surface area contributed by atoms with E-state index in [1.54, 1.807) is 35.0 Å². The fraction of sp³-hybridized carbons (Fsp3) is 0.200. The van der Waals surface area contributed by atoms with Crippen LogP contribution in [0.3, 0.4) is 0 Å². The van der Waals surface area contributed by atoms with Crippen molar-refractivity contribution in [1.82, 2.24) is 4.57 Å². The first kappa shape index (κ1) is 17.1. The molecule has 4 nitrogen and oxygen atoms in total. The van der Waals surface area contributed by atoms with Crippen LogP contribution in [0.5, 0.6) is 0 Å². The molecule has 3 aromatic rings. The molecule has 0 bridgehead atoms. The molecule has 1 amide bonds. The molecule has 0 unspecified atom stereocenters. The lowest BCUT2D eigenvalue weighted by atomic mass is 10.1. The monoisotopic (exact) mass is 386 g/mol. The predicted octanol–water partition coefficient (Wildman–Crippen LogP) is 5.29. The van der Waals surface area contributed by atoms with E-state index in [9.17, 15) is 9.59 Å². The van der Waals surface area contributed by atoms with Gasteiger partial charge in [0.05, 0.1) is 21.1 Å². The van der Waals surface area contributed by atoms with Crippen molar-refractivity contribution in [2.24, 2.45) is 5.92 Å². The number of amides is 1. The minimum Gasteiger partial charge on any atom is -0.326 e. The SMILES string of the molecule is Cc1cn(C(=O)c2c(Cl)cccc2Cl)c2ccc(NC(=O)C3CC3)cc12. The van der Waals surface area contributed by atoms with E-state index < -0.39 is 0 Å². The molecule has 132 valence electrons. The van der Waals surface area contributed by atoms with Gasteiger partial charge < -0.3 is 5.32 Å². The van der Waals surface area contributed by atoms with E-state index in [1.165, 1.54) is 0 Å². The van der Waals surface area contributed by atoms with Gasteiger partial charge in [-0.3, -0.25) is 14.2 Å². The van der Waals surface area contributed by atoms with Gasteiger partial charge in [-0.1, -0.05) is 29.3 Å². The molecular weight excluding hydrogens is 371 g/mol. The highest BCUT2D eigenvalue weighted by molar-refractivity contribution is 6.40. The molecule has 1 saturated carbocycles. The molecule has 0 spiro atoms. The summed E-state index contributed by atoms with van der Waals surface area (Å²) in [6, 6.07) is 10.5. The normalized spacial score (nSPS) is 13.8. The number of benzene rings is 2. The van der Waals surface area contributed by atoms with E-state index in [0.717, 1.165) is 35.0 Å². The first-order valence-corrected chi connectivity index (χ1v) is 9.12. The van der Waals surface area contributed by atoms with Gasteiger partial charge >= 0.3 is 0 Å². The number of halogens is 2. The van der Waals surface area contributed by atoms with Gasteiger partial charge in [-0.15, -0.1) is 0 Å². The topological polar surface area (TPSA) is 51.1 Å². The smallest absolute Gasteiger partial charge is 0.265 e. The molecular formula is C20H16Cl2N2O2. The van der Waals surface area contributed by atoms with Gasteiger partial charge in [-0.25, -0.2) is 0 Å². The Bertz CT molecular complexity index is 1030. The number of rotatable bonds is 3. The molecule has 1 aliphatic carbocycles. The van der Waals surface area contributed by atoms with Crippen LogP contribution in [-0.2, 0) is 4.79 Å². The number of carbonyl (C=O) groups is 2.